The van der Waals surface area contributed by atoms with Crippen LogP contribution in [0.3, 0.4) is 0 Å². The molecule has 2 unspecified atom stereocenters. The summed E-state index contributed by atoms with van der Waals surface area (Å²) in [6, 6.07) is 16.4. The van der Waals surface area contributed by atoms with Crippen molar-refractivity contribution in [3.8, 4) is 5.75 Å². The molecule has 0 aromatic heterocycles. The van der Waals surface area contributed by atoms with Gasteiger partial charge in [0, 0.05) is 6.54 Å². The van der Waals surface area contributed by atoms with Crippen molar-refractivity contribution in [1.82, 2.24) is 5.32 Å². The van der Waals surface area contributed by atoms with Crippen LogP contribution in [0, 0.1) is 6.92 Å². The number of amides is 1. The van der Waals surface area contributed by atoms with E-state index in [2.05, 4.69) is 50.4 Å². The van der Waals surface area contributed by atoms with Gasteiger partial charge in [0.05, 0.1) is 0 Å². The molecule has 0 aliphatic heterocycles. The Bertz CT molecular complexity index is 694. The third-order valence-electron chi connectivity index (χ3n) is 4.42. The van der Waals surface area contributed by atoms with Crippen molar-refractivity contribution >= 4 is 5.91 Å². The molecule has 1 amide bonds. The zero-order valence-corrected chi connectivity index (χ0v) is 15.9. The average molecular weight is 339 g/mol. The van der Waals surface area contributed by atoms with E-state index in [1.165, 1.54) is 5.56 Å². The maximum absolute atomic E-state index is 12.4. The summed E-state index contributed by atoms with van der Waals surface area (Å²) in [7, 11) is 0. The molecule has 2 atom stereocenters. The van der Waals surface area contributed by atoms with Crippen LogP contribution in [-0.2, 0) is 4.79 Å². The van der Waals surface area contributed by atoms with Crippen LogP contribution in [0.15, 0.2) is 48.5 Å². The van der Waals surface area contributed by atoms with Crippen LogP contribution in [0.4, 0.5) is 0 Å². The largest absolute Gasteiger partial charge is 0.481 e. The number of ether oxygens (including phenoxy) is 1. The molecular weight excluding hydrogens is 310 g/mol. The topological polar surface area (TPSA) is 38.3 Å². The van der Waals surface area contributed by atoms with Gasteiger partial charge < -0.3 is 10.1 Å². The second-order valence-corrected chi connectivity index (χ2v) is 7.01. The van der Waals surface area contributed by atoms with Crippen molar-refractivity contribution in [2.75, 3.05) is 6.54 Å². The second-order valence-electron chi connectivity index (χ2n) is 7.01. The first-order chi connectivity index (χ1) is 11.9. The summed E-state index contributed by atoms with van der Waals surface area (Å²) in [5.74, 6) is 1.33. The molecule has 134 valence electrons. The number of hydrogen-bond donors (Lipinski definition) is 1. The van der Waals surface area contributed by atoms with E-state index in [0.29, 0.717) is 12.5 Å². The van der Waals surface area contributed by atoms with Crippen molar-refractivity contribution in [2.45, 2.75) is 52.6 Å². The van der Waals surface area contributed by atoms with Crippen LogP contribution in [0.5, 0.6) is 5.75 Å². The van der Waals surface area contributed by atoms with E-state index in [0.717, 1.165) is 16.9 Å². The Morgan fingerprint density at radius 1 is 1.04 bits per heavy atom. The van der Waals surface area contributed by atoms with Gasteiger partial charge in [0.2, 0.25) is 0 Å². The minimum absolute atomic E-state index is 0.0843. The Morgan fingerprint density at radius 3 is 2.36 bits per heavy atom. The zero-order valence-electron chi connectivity index (χ0n) is 15.9. The maximum atomic E-state index is 12.4. The van der Waals surface area contributed by atoms with Gasteiger partial charge in [-0.2, -0.15) is 0 Å². The number of aryl methyl sites for hydroxylation is 1. The highest BCUT2D eigenvalue weighted by atomic mass is 16.5. The summed E-state index contributed by atoms with van der Waals surface area (Å²) in [6.07, 6.45) is -0.526. The molecule has 0 heterocycles. The SMILES string of the molecule is Cc1ccc(C(C)C)c(OC(C)C(=O)NCC(C)c2ccccc2)c1. The Morgan fingerprint density at radius 2 is 1.72 bits per heavy atom. The zero-order chi connectivity index (χ0) is 18.4. The van der Waals surface area contributed by atoms with Gasteiger partial charge in [-0.15, -0.1) is 0 Å². The first-order valence-corrected chi connectivity index (χ1v) is 8.98. The third-order valence-corrected chi connectivity index (χ3v) is 4.42. The van der Waals surface area contributed by atoms with Gasteiger partial charge in [-0.05, 0) is 48.4 Å². The van der Waals surface area contributed by atoms with Crippen molar-refractivity contribution < 1.29 is 9.53 Å². The van der Waals surface area contributed by atoms with Gasteiger partial charge in [0.1, 0.15) is 5.75 Å². The molecule has 3 heteroatoms. The van der Waals surface area contributed by atoms with Crippen LogP contribution in [0.2, 0.25) is 0 Å². The lowest BCUT2D eigenvalue weighted by Gasteiger charge is -2.20. The highest BCUT2D eigenvalue weighted by molar-refractivity contribution is 5.80. The summed E-state index contributed by atoms with van der Waals surface area (Å²) in [5.41, 5.74) is 3.48. The molecule has 0 bridgehead atoms. The van der Waals surface area contributed by atoms with Crippen molar-refractivity contribution in [1.29, 1.82) is 0 Å². The number of nitrogens with one attached hydrogen (secondary N) is 1. The molecule has 0 aliphatic carbocycles. The number of benzene rings is 2. The van der Waals surface area contributed by atoms with Crippen LogP contribution in [-0.4, -0.2) is 18.6 Å². The fourth-order valence-corrected chi connectivity index (χ4v) is 2.76. The van der Waals surface area contributed by atoms with E-state index in [4.69, 9.17) is 4.74 Å². The molecular formula is C22H29NO2. The van der Waals surface area contributed by atoms with Gasteiger partial charge in [-0.3, -0.25) is 4.79 Å². The van der Waals surface area contributed by atoms with Gasteiger partial charge in [0.15, 0.2) is 6.10 Å². The summed E-state index contributed by atoms with van der Waals surface area (Å²) in [4.78, 5) is 12.4. The maximum Gasteiger partial charge on any atom is 0.260 e. The molecule has 3 nitrogen and oxygen atoms in total. The molecule has 0 aliphatic rings. The van der Waals surface area contributed by atoms with Crippen molar-refractivity contribution in [3.05, 3.63) is 65.2 Å². The lowest BCUT2D eigenvalue weighted by molar-refractivity contribution is -0.127. The Kier molecular flexibility index (Phi) is 6.63. The van der Waals surface area contributed by atoms with Crippen molar-refractivity contribution in [3.63, 3.8) is 0 Å². The van der Waals surface area contributed by atoms with E-state index >= 15 is 0 Å². The Hall–Kier alpha value is -2.29. The fourth-order valence-electron chi connectivity index (χ4n) is 2.76. The molecule has 0 radical (unpaired) electrons. The molecule has 0 saturated carbocycles. The fraction of sp³-hybridized carbons (Fsp3) is 0.409. The van der Waals surface area contributed by atoms with E-state index in [1.54, 1.807) is 6.92 Å². The van der Waals surface area contributed by atoms with E-state index < -0.39 is 6.10 Å². The summed E-state index contributed by atoms with van der Waals surface area (Å²) in [5, 5.41) is 3.00. The van der Waals surface area contributed by atoms with Crippen LogP contribution in [0.25, 0.3) is 0 Å². The molecule has 2 aromatic carbocycles. The lowest BCUT2D eigenvalue weighted by atomic mass is 10.0. The Labute approximate surface area is 151 Å². The van der Waals surface area contributed by atoms with Crippen molar-refractivity contribution in [2.24, 2.45) is 0 Å². The highest BCUT2D eigenvalue weighted by Crippen LogP contribution is 2.28. The number of hydrogen-bond acceptors (Lipinski definition) is 2. The van der Waals surface area contributed by atoms with Crippen LogP contribution < -0.4 is 10.1 Å². The number of rotatable bonds is 7. The first kappa shape index (κ1) is 19.0. The Balaban J connectivity index is 1.96. The highest BCUT2D eigenvalue weighted by Gasteiger charge is 2.18. The van der Waals surface area contributed by atoms with Gasteiger partial charge in [-0.1, -0.05) is 63.2 Å². The quantitative estimate of drug-likeness (QED) is 0.786. The minimum Gasteiger partial charge on any atom is -0.481 e. The molecule has 2 rings (SSSR count). The van der Waals surface area contributed by atoms with Crippen LogP contribution >= 0.6 is 0 Å². The number of carbonyl (C=O) groups excluding carboxylic acids is 1. The van der Waals surface area contributed by atoms with Gasteiger partial charge in [0.25, 0.3) is 5.91 Å². The minimum atomic E-state index is -0.526. The monoisotopic (exact) mass is 339 g/mol. The normalized spacial score (nSPS) is 13.4. The predicted octanol–water partition coefficient (Wildman–Crippen LogP) is 4.81. The summed E-state index contributed by atoms with van der Waals surface area (Å²) in [6.45, 7) is 10.8. The third kappa shape index (κ3) is 5.35. The van der Waals surface area contributed by atoms with Crippen LogP contribution in [0.1, 0.15) is 56.2 Å². The second kappa shape index (κ2) is 8.70. The van der Waals surface area contributed by atoms with E-state index in [-0.39, 0.29) is 11.8 Å². The molecule has 0 spiro atoms. The molecule has 2 aromatic rings. The summed E-state index contributed by atoms with van der Waals surface area (Å²) >= 11 is 0. The molecule has 25 heavy (non-hydrogen) atoms. The predicted molar refractivity (Wildman–Crippen MR) is 103 cm³/mol. The first-order valence-electron chi connectivity index (χ1n) is 8.98. The van der Waals surface area contributed by atoms with Gasteiger partial charge in [-0.25, -0.2) is 0 Å². The van der Waals surface area contributed by atoms with Gasteiger partial charge >= 0.3 is 0 Å². The van der Waals surface area contributed by atoms with E-state index in [9.17, 15) is 4.79 Å². The average Bonchev–Trinajstić information content (AvgIpc) is 2.59. The lowest BCUT2D eigenvalue weighted by Crippen LogP contribution is -2.38. The number of carbonyl (C=O) groups is 1. The van der Waals surface area contributed by atoms with E-state index in [1.807, 2.05) is 31.2 Å². The standard InChI is InChI=1S/C22H29NO2/c1-15(2)20-12-11-16(3)13-21(20)25-18(5)22(24)23-14-17(4)19-9-7-6-8-10-19/h6-13,15,17-18H,14H2,1-5H3,(H,23,24). The molecule has 1 N–H and O–H groups in total. The molecule has 0 saturated heterocycles. The summed E-state index contributed by atoms with van der Waals surface area (Å²) < 4.78 is 5.98. The smallest absolute Gasteiger partial charge is 0.260 e. The molecule has 0 fully saturated rings.